The van der Waals surface area contributed by atoms with Crippen molar-refractivity contribution in [1.29, 1.82) is 0 Å². The number of alkyl halides is 1. The number of benzene rings is 1. The van der Waals surface area contributed by atoms with Gasteiger partial charge in [0.2, 0.25) is 5.89 Å². The van der Waals surface area contributed by atoms with Crippen LogP contribution in [0.4, 0.5) is 4.39 Å². The fraction of sp³-hybridized carbons (Fsp3) is 0.375. The van der Waals surface area contributed by atoms with Gasteiger partial charge in [-0.05, 0) is 32.9 Å². The standard InChI is InChI=1S/C15H17NO3.CH3F/c1-4-18-14(17)9-13-11(3)16-15(19-13)12-7-5-10(2)6-8-12;1-2/h5-8H,4,9H2,1-3H3;1H3. The van der Waals surface area contributed by atoms with Crippen molar-refractivity contribution in [2.75, 3.05) is 13.8 Å². The Labute approximate surface area is 124 Å². The van der Waals surface area contributed by atoms with E-state index in [0.717, 1.165) is 11.3 Å². The van der Waals surface area contributed by atoms with Crippen LogP contribution in [0, 0.1) is 13.8 Å². The van der Waals surface area contributed by atoms with Crippen LogP contribution in [0.2, 0.25) is 0 Å². The Morgan fingerprint density at radius 3 is 2.43 bits per heavy atom. The van der Waals surface area contributed by atoms with Gasteiger partial charge in [0, 0.05) is 5.56 Å². The van der Waals surface area contributed by atoms with E-state index in [1.54, 1.807) is 6.92 Å². The summed E-state index contributed by atoms with van der Waals surface area (Å²) in [5, 5.41) is 0. The number of halogens is 1. The van der Waals surface area contributed by atoms with Crippen LogP contribution in [0.15, 0.2) is 28.7 Å². The minimum atomic E-state index is -0.294. The molecule has 0 atom stereocenters. The first-order chi connectivity index (χ1) is 10.1. The summed E-state index contributed by atoms with van der Waals surface area (Å²) in [6.07, 6.45) is 0.124. The largest absolute Gasteiger partial charge is 0.466 e. The lowest BCUT2D eigenvalue weighted by molar-refractivity contribution is -0.142. The van der Waals surface area contributed by atoms with Crippen molar-refractivity contribution >= 4 is 5.97 Å². The predicted molar refractivity (Wildman–Crippen MR) is 78.8 cm³/mol. The average Bonchev–Trinajstić information content (AvgIpc) is 2.83. The zero-order chi connectivity index (χ0) is 15.8. The van der Waals surface area contributed by atoms with Crippen molar-refractivity contribution in [3.63, 3.8) is 0 Å². The lowest BCUT2D eigenvalue weighted by Crippen LogP contribution is -2.07. The van der Waals surface area contributed by atoms with Gasteiger partial charge in [-0.15, -0.1) is 0 Å². The molecule has 5 heteroatoms. The van der Waals surface area contributed by atoms with Crippen LogP contribution in [0.25, 0.3) is 11.5 Å². The molecule has 4 nitrogen and oxygen atoms in total. The monoisotopic (exact) mass is 293 g/mol. The molecule has 0 unspecified atom stereocenters. The summed E-state index contributed by atoms with van der Waals surface area (Å²) in [5.74, 6) is 0.808. The van der Waals surface area contributed by atoms with Crippen molar-refractivity contribution in [1.82, 2.24) is 4.98 Å². The third kappa shape index (κ3) is 4.70. The summed E-state index contributed by atoms with van der Waals surface area (Å²) in [7, 11) is 0.500. The van der Waals surface area contributed by atoms with Crippen LogP contribution in [0.5, 0.6) is 0 Å². The topological polar surface area (TPSA) is 52.3 Å². The Balaban J connectivity index is 0.00000106. The molecule has 0 radical (unpaired) electrons. The number of aromatic nitrogens is 1. The third-order valence-electron chi connectivity index (χ3n) is 2.80. The van der Waals surface area contributed by atoms with Crippen molar-refractivity contribution in [2.45, 2.75) is 27.2 Å². The Morgan fingerprint density at radius 2 is 1.86 bits per heavy atom. The molecule has 0 aliphatic heterocycles. The smallest absolute Gasteiger partial charge is 0.313 e. The first-order valence-electron chi connectivity index (χ1n) is 6.67. The number of ether oxygens (including phenoxy) is 1. The van der Waals surface area contributed by atoms with Crippen LogP contribution in [-0.4, -0.2) is 24.7 Å². The van der Waals surface area contributed by atoms with Gasteiger partial charge in [-0.2, -0.15) is 0 Å². The highest BCUT2D eigenvalue weighted by molar-refractivity contribution is 5.72. The molecule has 0 saturated carbocycles. The van der Waals surface area contributed by atoms with Gasteiger partial charge in [-0.3, -0.25) is 9.18 Å². The minimum absolute atomic E-state index is 0.124. The zero-order valence-electron chi connectivity index (χ0n) is 12.8. The number of hydrogen-bond donors (Lipinski definition) is 0. The Morgan fingerprint density at radius 1 is 1.24 bits per heavy atom. The highest BCUT2D eigenvalue weighted by Crippen LogP contribution is 2.22. The molecule has 0 saturated heterocycles. The molecule has 0 aliphatic rings. The van der Waals surface area contributed by atoms with E-state index in [-0.39, 0.29) is 12.4 Å². The van der Waals surface area contributed by atoms with Crippen LogP contribution in [0.3, 0.4) is 0 Å². The average molecular weight is 293 g/mol. The summed E-state index contributed by atoms with van der Waals surface area (Å²) in [5.41, 5.74) is 2.81. The van der Waals surface area contributed by atoms with Gasteiger partial charge in [0.15, 0.2) is 0 Å². The molecular weight excluding hydrogens is 273 g/mol. The van der Waals surface area contributed by atoms with E-state index in [2.05, 4.69) is 4.98 Å². The number of nitrogens with zero attached hydrogens (tertiary/aromatic N) is 1. The minimum Gasteiger partial charge on any atom is -0.466 e. The SMILES string of the molecule is CCOC(=O)Cc1oc(-c2ccc(C)cc2)nc1C.CF. The van der Waals surface area contributed by atoms with Crippen LogP contribution >= 0.6 is 0 Å². The third-order valence-corrected chi connectivity index (χ3v) is 2.80. The molecule has 0 fully saturated rings. The second-order valence-electron chi connectivity index (χ2n) is 4.38. The van der Waals surface area contributed by atoms with E-state index in [1.807, 2.05) is 38.1 Å². The van der Waals surface area contributed by atoms with Crippen LogP contribution in [-0.2, 0) is 16.0 Å². The lowest BCUT2D eigenvalue weighted by atomic mass is 10.1. The van der Waals surface area contributed by atoms with Gasteiger partial charge in [0.1, 0.15) is 12.2 Å². The lowest BCUT2D eigenvalue weighted by Gasteiger charge is -1.99. The highest BCUT2D eigenvalue weighted by atomic mass is 19.1. The van der Waals surface area contributed by atoms with Crippen molar-refractivity contribution in [3.8, 4) is 11.5 Å². The number of oxazole rings is 1. The molecule has 2 aromatic rings. The number of rotatable bonds is 4. The molecule has 2 rings (SSSR count). The van der Waals surface area contributed by atoms with Gasteiger partial charge in [0.25, 0.3) is 0 Å². The maximum Gasteiger partial charge on any atom is 0.313 e. The van der Waals surface area contributed by atoms with E-state index in [1.165, 1.54) is 5.56 Å². The van der Waals surface area contributed by atoms with Gasteiger partial charge in [-0.1, -0.05) is 17.7 Å². The fourth-order valence-electron chi connectivity index (χ4n) is 1.75. The van der Waals surface area contributed by atoms with Gasteiger partial charge in [0.05, 0.1) is 19.5 Å². The normalized spacial score (nSPS) is 9.76. The quantitative estimate of drug-likeness (QED) is 0.807. The van der Waals surface area contributed by atoms with E-state index < -0.39 is 0 Å². The molecule has 0 aliphatic carbocycles. The molecular formula is C16H20FNO3. The van der Waals surface area contributed by atoms with E-state index in [0.29, 0.717) is 25.4 Å². The highest BCUT2D eigenvalue weighted by Gasteiger charge is 2.15. The second kappa shape index (κ2) is 8.19. The van der Waals surface area contributed by atoms with Gasteiger partial charge in [-0.25, -0.2) is 4.98 Å². The predicted octanol–water partition coefficient (Wildman–Crippen LogP) is 3.65. The van der Waals surface area contributed by atoms with Crippen LogP contribution in [0.1, 0.15) is 23.9 Å². The van der Waals surface area contributed by atoms with Crippen LogP contribution < -0.4 is 0 Å². The van der Waals surface area contributed by atoms with Crippen molar-refractivity contribution in [3.05, 3.63) is 41.3 Å². The Kier molecular flexibility index (Phi) is 6.59. The summed E-state index contributed by atoms with van der Waals surface area (Å²) in [6.45, 7) is 6.01. The molecule has 1 aromatic heterocycles. The summed E-state index contributed by atoms with van der Waals surface area (Å²) >= 11 is 0. The maximum atomic E-state index is 11.4. The molecule has 0 spiro atoms. The number of carbonyl (C=O) groups is 1. The van der Waals surface area contributed by atoms with E-state index in [9.17, 15) is 9.18 Å². The van der Waals surface area contributed by atoms with Crippen molar-refractivity contribution < 1.29 is 18.3 Å². The molecule has 0 N–H and O–H groups in total. The van der Waals surface area contributed by atoms with E-state index >= 15 is 0 Å². The second-order valence-corrected chi connectivity index (χ2v) is 4.38. The van der Waals surface area contributed by atoms with Gasteiger partial charge < -0.3 is 9.15 Å². The molecule has 0 amide bonds. The Hall–Kier alpha value is -2.17. The summed E-state index contributed by atoms with van der Waals surface area (Å²) in [4.78, 5) is 15.8. The first kappa shape index (κ1) is 16.9. The molecule has 114 valence electrons. The number of aryl methyl sites for hydroxylation is 2. The zero-order valence-corrected chi connectivity index (χ0v) is 12.8. The molecule has 1 aromatic carbocycles. The number of carbonyl (C=O) groups excluding carboxylic acids is 1. The molecule has 0 bridgehead atoms. The Bertz CT molecular complexity index is 576. The fourth-order valence-corrected chi connectivity index (χ4v) is 1.75. The molecule has 1 heterocycles. The number of hydrogen-bond acceptors (Lipinski definition) is 4. The first-order valence-corrected chi connectivity index (χ1v) is 6.67. The maximum absolute atomic E-state index is 11.4. The summed E-state index contributed by atoms with van der Waals surface area (Å²) < 4.78 is 20.1. The van der Waals surface area contributed by atoms with Crippen molar-refractivity contribution in [2.24, 2.45) is 0 Å². The van der Waals surface area contributed by atoms with E-state index in [4.69, 9.17) is 9.15 Å². The summed E-state index contributed by atoms with van der Waals surface area (Å²) in [6, 6.07) is 7.91. The van der Waals surface area contributed by atoms with Gasteiger partial charge >= 0.3 is 5.97 Å². The number of esters is 1. The molecule has 21 heavy (non-hydrogen) atoms.